The third-order valence-corrected chi connectivity index (χ3v) is 5.14. The first kappa shape index (κ1) is 17.5. The van der Waals surface area contributed by atoms with Crippen LogP contribution < -0.4 is 4.90 Å². The number of aryl methyl sites for hydroxylation is 1. The van der Waals surface area contributed by atoms with Crippen LogP contribution in [0.1, 0.15) is 32.3 Å². The summed E-state index contributed by atoms with van der Waals surface area (Å²) in [6, 6.07) is 7.31. The molecule has 0 bridgehead atoms. The highest BCUT2D eigenvalue weighted by Gasteiger charge is 2.34. The average Bonchev–Trinajstić information content (AvgIpc) is 2.78. The minimum atomic E-state index is -0.532. The van der Waals surface area contributed by atoms with E-state index in [0.717, 1.165) is 24.1 Å². The van der Waals surface area contributed by atoms with E-state index in [1.807, 2.05) is 24.3 Å². The molecule has 2 heterocycles. The summed E-state index contributed by atoms with van der Waals surface area (Å²) < 4.78 is 0. The second-order valence-corrected chi connectivity index (χ2v) is 6.75. The van der Waals surface area contributed by atoms with E-state index in [-0.39, 0.29) is 17.7 Å². The molecule has 0 unspecified atom stereocenters. The number of para-hydroxylation sites is 1. The fraction of sp³-hybridized carbons (Fsp3) is 0.526. The fourth-order valence-corrected chi connectivity index (χ4v) is 3.68. The summed E-state index contributed by atoms with van der Waals surface area (Å²) in [6.07, 6.45) is 2.13. The maximum Gasteiger partial charge on any atom is 0.245 e. The molecule has 0 spiro atoms. The molecule has 1 aromatic carbocycles. The summed E-state index contributed by atoms with van der Waals surface area (Å²) in [7, 11) is 0. The van der Waals surface area contributed by atoms with Crippen molar-refractivity contribution in [1.82, 2.24) is 9.80 Å². The van der Waals surface area contributed by atoms with Crippen LogP contribution in [0.15, 0.2) is 24.3 Å². The molecular weight excluding hydrogens is 318 g/mol. The van der Waals surface area contributed by atoms with Crippen LogP contribution in [0.5, 0.6) is 0 Å². The number of nitrogens with zero attached hydrogens (tertiary/aromatic N) is 3. The van der Waals surface area contributed by atoms with Crippen molar-refractivity contribution in [3.8, 4) is 0 Å². The van der Waals surface area contributed by atoms with Gasteiger partial charge >= 0.3 is 0 Å². The molecule has 0 radical (unpaired) electrons. The zero-order valence-corrected chi connectivity index (χ0v) is 14.9. The summed E-state index contributed by atoms with van der Waals surface area (Å²) in [5.74, 6) is -0.00167. The van der Waals surface area contributed by atoms with Gasteiger partial charge in [0.15, 0.2) is 0 Å². The molecule has 0 N–H and O–H groups in total. The highest BCUT2D eigenvalue weighted by molar-refractivity contribution is 6.01. The van der Waals surface area contributed by atoms with E-state index in [9.17, 15) is 14.4 Å². The van der Waals surface area contributed by atoms with Crippen molar-refractivity contribution < 1.29 is 14.4 Å². The van der Waals surface area contributed by atoms with Crippen LogP contribution >= 0.6 is 0 Å². The molecule has 6 nitrogen and oxygen atoms in total. The number of benzene rings is 1. The number of hydrogen-bond donors (Lipinski definition) is 0. The molecule has 3 amide bonds. The largest absolute Gasteiger partial charge is 0.339 e. The smallest absolute Gasteiger partial charge is 0.245 e. The van der Waals surface area contributed by atoms with Crippen molar-refractivity contribution in [1.29, 1.82) is 0 Å². The van der Waals surface area contributed by atoms with Gasteiger partial charge in [0, 0.05) is 45.2 Å². The highest BCUT2D eigenvalue weighted by atomic mass is 16.2. The monoisotopic (exact) mass is 343 g/mol. The quantitative estimate of drug-likeness (QED) is 0.816. The van der Waals surface area contributed by atoms with Gasteiger partial charge in [0.2, 0.25) is 17.7 Å². The number of rotatable bonds is 2. The number of hydrogen-bond acceptors (Lipinski definition) is 3. The Kier molecular flexibility index (Phi) is 5.06. The Hall–Kier alpha value is -2.37. The summed E-state index contributed by atoms with van der Waals surface area (Å²) in [5, 5.41) is 0. The lowest BCUT2D eigenvalue weighted by molar-refractivity contribution is -0.139. The summed E-state index contributed by atoms with van der Waals surface area (Å²) in [5.41, 5.74) is 1.97. The topological polar surface area (TPSA) is 60.9 Å². The Balaban J connectivity index is 1.77. The molecular formula is C19H25N3O3. The molecule has 1 atom stereocenters. The van der Waals surface area contributed by atoms with Gasteiger partial charge in [-0.1, -0.05) is 18.2 Å². The van der Waals surface area contributed by atoms with Crippen LogP contribution in [-0.2, 0) is 20.8 Å². The van der Waals surface area contributed by atoms with Crippen LogP contribution in [0.4, 0.5) is 5.69 Å². The molecule has 6 heteroatoms. The maximum atomic E-state index is 13.0. The normalized spacial score (nSPS) is 19.3. The van der Waals surface area contributed by atoms with Gasteiger partial charge in [-0.15, -0.1) is 0 Å². The van der Waals surface area contributed by atoms with Crippen molar-refractivity contribution in [3.05, 3.63) is 29.8 Å². The Labute approximate surface area is 148 Å². The first-order valence-corrected chi connectivity index (χ1v) is 8.93. The Morgan fingerprint density at radius 3 is 2.32 bits per heavy atom. The van der Waals surface area contributed by atoms with E-state index in [2.05, 4.69) is 0 Å². The highest BCUT2D eigenvalue weighted by Crippen LogP contribution is 2.29. The van der Waals surface area contributed by atoms with E-state index >= 15 is 0 Å². The molecule has 134 valence electrons. The minimum absolute atomic E-state index is 0.00757. The van der Waals surface area contributed by atoms with Gasteiger partial charge in [0.25, 0.3) is 0 Å². The minimum Gasteiger partial charge on any atom is -0.339 e. The second kappa shape index (κ2) is 7.25. The van der Waals surface area contributed by atoms with Gasteiger partial charge in [-0.2, -0.15) is 0 Å². The summed E-state index contributed by atoms with van der Waals surface area (Å²) in [6.45, 7) is 5.50. The van der Waals surface area contributed by atoms with Crippen molar-refractivity contribution >= 4 is 23.4 Å². The van der Waals surface area contributed by atoms with Crippen molar-refractivity contribution in [2.45, 2.75) is 39.2 Å². The SMILES string of the molecule is CC(=O)N1CCN(C(=O)[C@@H](C)N2C(=O)CCCc3ccccc32)CC1. The van der Waals surface area contributed by atoms with E-state index in [1.54, 1.807) is 28.5 Å². The van der Waals surface area contributed by atoms with Gasteiger partial charge in [0.1, 0.15) is 6.04 Å². The molecule has 1 aromatic rings. The van der Waals surface area contributed by atoms with E-state index in [4.69, 9.17) is 0 Å². The molecule has 0 saturated carbocycles. The Morgan fingerprint density at radius 1 is 1.00 bits per heavy atom. The maximum absolute atomic E-state index is 13.0. The molecule has 1 saturated heterocycles. The predicted octanol–water partition coefficient (Wildman–Crippen LogP) is 1.44. The zero-order chi connectivity index (χ0) is 18.0. The molecule has 2 aliphatic heterocycles. The van der Waals surface area contributed by atoms with E-state index in [0.29, 0.717) is 32.6 Å². The van der Waals surface area contributed by atoms with Crippen LogP contribution in [0.3, 0.4) is 0 Å². The van der Waals surface area contributed by atoms with Gasteiger partial charge in [-0.05, 0) is 31.4 Å². The van der Waals surface area contributed by atoms with Gasteiger partial charge in [0.05, 0.1) is 0 Å². The first-order valence-electron chi connectivity index (χ1n) is 8.93. The summed E-state index contributed by atoms with van der Waals surface area (Å²) >= 11 is 0. The van der Waals surface area contributed by atoms with E-state index < -0.39 is 6.04 Å². The number of amides is 3. The lowest BCUT2D eigenvalue weighted by atomic mass is 10.1. The number of anilines is 1. The molecule has 2 aliphatic rings. The molecule has 0 aliphatic carbocycles. The number of fused-ring (bicyclic) bond motifs is 1. The molecule has 1 fully saturated rings. The number of piperazine rings is 1. The van der Waals surface area contributed by atoms with Crippen LogP contribution in [0.2, 0.25) is 0 Å². The second-order valence-electron chi connectivity index (χ2n) is 6.75. The van der Waals surface area contributed by atoms with Gasteiger partial charge < -0.3 is 9.80 Å². The summed E-state index contributed by atoms with van der Waals surface area (Å²) in [4.78, 5) is 42.3. The molecule has 0 aromatic heterocycles. The zero-order valence-electron chi connectivity index (χ0n) is 14.9. The van der Waals surface area contributed by atoms with Gasteiger partial charge in [-0.25, -0.2) is 0 Å². The Morgan fingerprint density at radius 2 is 1.64 bits per heavy atom. The van der Waals surface area contributed by atoms with E-state index in [1.165, 1.54) is 0 Å². The number of carbonyl (C=O) groups excluding carboxylic acids is 3. The lowest BCUT2D eigenvalue weighted by Crippen LogP contribution is -2.56. The van der Waals surface area contributed by atoms with Crippen molar-refractivity contribution in [2.24, 2.45) is 0 Å². The molecule has 3 rings (SSSR count). The molecule has 25 heavy (non-hydrogen) atoms. The average molecular weight is 343 g/mol. The Bertz CT molecular complexity index is 680. The van der Waals surface area contributed by atoms with Crippen LogP contribution in [0, 0.1) is 0 Å². The lowest BCUT2D eigenvalue weighted by Gasteiger charge is -2.38. The first-order chi connectivity index (χ1) is 12.0. The van der Waals surface area contributed by atoms with Crippen LogP contribution in [-0.4, -0.2) is 59.7 Å². The standard InChI is InChI=1S/C19H25N3O3/c1-14(19(25)21-12-10-20(11-13-21)15(2)23)22-17-8-4-3-6-16(17)7-5-9-18(22)24/h3-4,6,8,14H,5,7,9-13H2,1-2H3/t14-/m1/s1. The predicted molar refractivity (Wildman–Crippen MR) is 95.2 cm³/mol. The third-order valence-electron chi connectivity index (χ3n) is 5.14. The van der Waals surface area contributed by atoms with Crippen molar-refractivity contribution in [3.63, 3.8) is 0 Å². The third kappa shape index (κ3) is 3.52. The number of carbonyl (C=O) groups is 3. The van der Waals surface area contributed by atoms with Crippen LogP contribution in [0.25, 0.3) is 0 Å². The fourth-order valence-electron chi connectivity index (χ4n) is 3.68. The van der Waals surface area contributed by atoms with Crippen molar-refractivity contribution in [2.75, 3.05) is 31.1 Å². The van der Waals surface area contributed by atoms with Gasteiger partial charge in [-0.3, -0.25) is 19.3 Å².